The highest BCUT2D eigenvalue weighted by molar-refractivity contribution is 7.92. The number of nitrogens with one attached hydrogen (secondary N) is 1. The Labute approximate surface area is 235 Å². The van der Waals surface area contributed by atoms with E-state index in [0.29, 0.717) is 17.3 Å². The molecule has 3 aromatic rings. The van der Waals surface area contributed by atoms with Crippen LogP contribution >= 0.6 is 11.6 Å². The molecule has 0 heterocycles. The van der Waals surface area contributed by atoms with Crippen LogP contribution in [0.5, 0.6) is 5.75 Å². The summed E-state index contributed by atoms with van der Waals surface area (Å²) in [6, 6.07) is 19.0. The number of benzene rings is 3. The van der Waals surface area contributed by atoms with Crippen molar-refractivity contribution in [1.82, 2.24) is 10.2 Å². The van der Waals surface area contributed by atoms with Crippen molar-refractivity contribution < 1.29 is 22.7 Å². The first-order valence-corrected chi connectivity index (χ1v) is 14.4. The molecule has 1 N–H and O–H groups in total. The van der Waals surface area contributed by atoms with E-state index in [1.165, 1.54) is 23.1 Å². The number of carbonyl (C=O) groups excluding carboxylic acids is 2. The van der Waals surface area contributed by atoms with Gasteiger partial charge in [0, 0.05) is 18.1 Å². The van der Waals surface area contributed by atoms with Crippen LogP contribution in [-0.4, -0.2) is 51.4 Å². The van der Waals surface area contributed by atoms with Crippen molar-refractivity contribution in [3.05, 3.63) is 88.9 Å². The van der Waals surface area contributed by atoms with Crippen molar-refractivity contribution in [1.29, 1.82) is 0 Å². The predicted molar refractivity (Wildman–Crippen MR) is 153 cm³/mol. The van der Waals surface area contributed by atoms with E-state index in [4.69, 9.17) is 16.3 Å². The molecule has 3 rings (SSSR count). The Morgan fingerprint density at radius 3 is 2.28 bits per heavy atom. The van der Waals surface area contributed by atoms with Gasteiger partial charge in [-0.2, -0.15) is 0 Å². The highest BCUT2D eigenvalue weighted by Crippen LogP contribution is 2.27. The van der Waals surface area contributed by atoms with E-state index in [9.17, 15) is 18.0 Å². The van der Waals surface area contributed by atoms with Gasteiger partial charge in [-0.25, -0.2) is 8.42 Å². The number of hydrogen-bond donors (Lipinski definition) is 1. The Morgan fingerprint density at radius 1 is 1.03 bits per heavy atom. The van der Waals surface area contributed by atoms with E-state index in [1.54, 1.807) is 68.6 Å². The number of hydrogen-bond acceptors (Lipinski definition) is 5. The van der Waals surface area contributed by atoms with Crippen LogP contribution in [0.25, 0.3) is 0 Å². The van der Waals surface area contributed by atoms with Crippen LogP contribution in [0.2, 0.25) is 5.02 Å². The lowest BCUT2D eigenvalue weighted by molar-refractivity contribution is -0.139. The highest BCUT2D eigenvalue weighted by atomic mass is 35.5. The summed E-state index contributed by atoms with van der Waals surface area (Å²) in [7, 11) is -2.59. The summed E-state index contributed by atoms with van der Waals surface area (Å²) < 4.78 is 33.9. The number of ether oxygens (including phenoxy) is 1. The first kappa shape index (κ1) is 30.0. The summed E-state index contributed by atoms with van der Waals surface area (Å²) >= 11 is 6.20. The van der Waals surface area contributed by atoms with Crippen LogP contribution in [0, 0.1) is 6.92 Å². The SMILES string of the molecule is CCCNC(=O)C(C)N(Cc1ccc(OC)cc1)C(=O)CN(c1cccc(Cl)c1)S(=O)(=O)c1ccc(C)cc1. The normalized spacial score (nSPS) is 11.9. The van der Waals surface area contributed by atoms with E-state index in [0.717, 1.165) is 21.9 Å². The second-order valence-corrected chi connectivity index (χ2v) is 11.4. The van der Waals surface area contributed by atoms with Crippen LogP contribution < -0.4 is 14.4 Å². The zero-order valence-corrected chi connectivity index (χ0v) is 24.1. The lowest BCUT2D eigenvalue weighted by Crippen LogP contribution is -2.51. The van der Waals surface area contributed by atoms with Crippen LogP contribution in [0.3, 0.4) is 0 Å². The lowest BCUT2D eigenvalue weighted by atomic mass is 10.1. The molecular formula is C29H34ClN3O5S. The molecule has 39 heavy (non-hydrogen) atoms. The van der Waals surface area contributed by atoms with Crippen LogP contribution in [0.4, 0.5) is 5.69 Å². The average Bonchev–Trinajstić information content (AvgIpc) is 2.93. The second kappa shape index (κ2) is 13.5. The molecule has 0 aromatic heterocycles. The van der Waals surface area contributed by atoms with Crippen molar-refractivity contribution in [2.24, 2.45) is 0 Å². The molecule has 0 saturated heterocycles. The highest BCUT2D eigenvalue weighted by Gasteiger charge is 2.32. The third-order valence-electron chi connectivity index (χ3n) is 6.21. The summed E-state index contributed by atoms with van der Waals surface area (Å²) in [6.07, 6.45) is 0.738. The maximum absolute atomic E-state index is 13.9. The van der Waals surface area contributed by atoms with Crippen LogP contribution in [0.15, 0.2) is 77.7 Å². The minimum absolute atomic E-state index is 0.0383. The number of methoxy groups -OCH3 is 1. The summed E-state index contributed by atoms with van der Waals surface area (Å²) in [5, 5.41) is 3.15. The molecule has 0 saturated carbocycles. The number of rotatable bonds is 12. The minimum Gasteiger partial charge on any atom is -0.497 e. The molecule has 10 heteroatoms. The number of aryl methyl sites for hydroxylation is 1. The van der Waals surface area contributed by atoms with Crippen molar-refractivity contribution in [3.8, 4) is 5.75 Å². The lowest BCUT2D eigenvalue weighted by Gasteiger charge is -2.32. The largest absolute Gasteiger partial charge is 0.497 e. The fourth-order valence-electron chi connectivity index (χ4n) is 3.90. The number of nitrogens with zero attached hydrogens (tertiary/aromatic N) is 2. The molecule has 0 bridgehead atoms. The molecular weight excluding hydrogens is 538 g/mol. The second-order valence-electron chi connectivity index (χ2n) is 9.14. The fourth-order valence-corrected chi connectivity index (χ4v) is 5.49. The van der Waals surface area contributed by atoms with Crippen molar-refractivity contribution in [2.75, 3.05) is 24.5 Å². The maximum Gasteiger partial charge on any atom is 0.264 e. The molecule has 208 valence electrons. The summed E-state index contributed by atoms with van der Waals surface area (Å²) in [5.41, 5.74) is 1.90. The predicted octanol–water partition coefficient (Wildman–Crippen LogP) is 4.80. The summed E-state index contributed by atoms with van der Waals surface area (Å²) in [6.45, 7) is 5.45. The average molecular weight is 572 g/mol. The van der Waals surface area contributed by atoms with Gasteiger partial charge in [-0.15, -0.1) is 0 Å². The molecule has 0 spiro atoms. The molecule has 3 aromatic carbocycles. The summed E-state index contributed by atoms with van der Waals surface area (Å²) in [5.74, 6) is -0.211. The maximum atomic E-state index is 13.9. The Hall–Kier alpha value is -3.56. The van der Waals surface area contributed by atoms with Crippen molar-refractivity contribution >= 4 is 39.1 Å². The van der Waals surface area contributed by atoms with Gasteiger partial charge in [0.25, 0.3) is 10.0 Å². The van der Waals surface area contributed by atoms with Gasteiger partial charge in [-0.3, -0.25) is 13.9 Å². The smallest absolute Gasteiger partial charge is 0.264 e. The molecule has 0 aliphatic carbocycles. The fraction of sp³-hybridized carbons (Fsp3) is 0.310. The van der Waals surface area contributed by atoms with Gasteiger partial charge in [0.15, 0.2) is 0 Å². The van der Waals surface area contributed by atoms with E-state index in [1.807, 2.05) is 13.8 Å². The Balaban J connectivity index is 2.01. The van der Waals surface area contributed by atoms with Gasteiger partial charge in [0.1, 0.15) is 18.3 Å². The first-order chi connectivity index (χ1) is 18.6. The molecule has 1 atom stereocenters. The monoisotopic (exact) mass is 571 g/mol. The van der Waals surface area contributed by atoms with Crippen molar-refractivity contribution in [3.63, 3.8) is 0 Å². The van der Waals surface area contributed by atoms with Crippen LogP contribution in [-0.2, 0) is 26.2 Å². The Morgan fingerprint density at radius 2 is 1.69 bits per heavy atom. The Bertz CT molecular complexity index is 1380. The molecule has 0 aliphatic rings. The molecule has 0 aliphatic heterocycles. The first-order valence-electron chi connectivity index (χ1n) is 12.6. The number of carbonyl (C=O) groups is 2. The van der Waals surface area contributed by atoms with Gasteiger partial charge in [-0.1, -0.05) is 54.4 Å². The zero-order chi connectivity index (χ0) is 28.6. The van der Waals surface area contributed by atoms with Gasteiger partial charge in [-0.05, 0) is 68.3 Å². The van der Waals surface area contributed by atoms with E-state index >= 15 is 0 Å². The van der Waals surface area contributed by atoms with E-state index in [-0.39, 0.29) is 23.0 Å². The van der Waals surface area contributed by atoms with E-state index in [2.05, 4.69) is 5.32 Å². The Kier molecular flexibility index (Phi) is 10.4. The van der Waals surface area contributed by atoms with Crippen LogP contribution in [0.1, 0.15) is 31.4 Å². The zero-order valence-electron chi connectivity index (χ0n) is 22.6. The summed E-state index contributed by atoms with van der Waals surface area (Å²) in [4.78, 5) is 28.2. The number of amides is 2. The van der Waals surface area contributed by atoms with Gasteiger partial charge in [0.2, 0.25) is 11.8 Å². The molecule has 0 radical (unpaired) electrons. The quantitative estimate of drug-likeness (QED) is 0.337. The van der Waals surface area contributed by atoms with Gasteiger partial charge in [0.05, 0.1) is 17.7 Å². The number of sulfonamides is 1. The van der Waals surface area contributed by atoms with Crippen molar-refractivity contribution in [2.45, 2.75) is 44.7 Å². The number of anilines is 1. The third-order valence-corrected chi connectivity index (χ3v) is 8.24. The molecule has 2 amide bonds. The topological polar surface area (TPSA) is 96.0 Å². The van der Waals surface area contributed by atoms with E-state index < -0.39 is 28.5 Å². The number of halogens is 1. The molecule has 8 nitrogen and oxygen atoms in total. The molecule has 1 unspecified atom stereocenters. The minimum atomic E-state index is -4.15. The van der Waals surface area contributed by atoms with Gasteiger partial charge >= 0.3 is 0 Å². The standard InChI is InChI=1S/C29H34ClN3O5S/c1-5-17-31-29(35)22(3)32(19-23-11-13-26(38-4)14-12-23)28(34)20-33(25-8-6-7-24(30)18-25)39(36,37)27-15-9-21(2)10-16-27/h6-16,18,22H,5,17,19-20H2,1-4H3,(H,31,35). The van der Waals surface area contributed by atoms with Gasteiger partial charge < -0.3 is 15.0 Å². The molecule has 0 fully saturated rings. The third kappa shape index (κ3) is 7.74.